The molecule has 0 N–H and O–H groups in total. The summed E-state index contributed by atoms with van der Waals surface area (Å²) in [5.74, 6) is 0. The Morgan fingerprint density at radius 3 is 2.39 bits per heavy atom. The lowest BCUT2D eigenvalue weighted by Gasteiger charge is -2.28. The van der Waals surface area contributed by atoms with E-state index in [0.29, 0.717) is 6.04 Å². The highest BCUT2D eigenvalue weighted by Crippen LogP contribution is 2.31. The Morgan fingerprint density at radius 2 is 1.78 bits per heavy atom. The number of hydrogen-bond donors (Lipinski definition) is 0. The fraction of sp³-hybridized carbons (Fsp3) is 0.500. The highest BCUT2D eigenvalue weighted by atomic mass is 14.9. The third kappa shape index (κ3) is 2.53. The molecule has 0 saturated carbocycles. The van der Waals surface area contributed by atoms with Crippen LogP contribution in [0.3, 0.4) is 0 Å². The molecule has 0 fully saturated rings. The van der Waals surface area contributed by atoms with Crippen LogP contribution in [0.1, 0.15) is 41.5 Å². The molecule has 0 amide bonds. The maximum absolute atomic E-state index is 4.83. The van der Waals surface area contributed by atoms with Crippen molar-refractivity contribution in [3.8, 4) is 0 Å². The van der Waals surface area contributed by atoms with E-state index in [1.165, 1.54) is 16.7 Å². The van der Waals surface area contributed by atoms with E-state index in [1.54, 1.807) is 0 Å². The molecule has 1 aliphatic carbocycles. The van der Waals surface area contributed by atoms with Crippen LogP contribution >= 0.6 is 0 Å². The molecule has 2 aliphatic rings. The molecule has 0 aromatic carbocycles. The Morgan fingerprint density at radius 1 is 1.11 bits per heavy atom. The van der Waals surface area contributed by atoms with Gasteiger partial charge < -0.3 is 0 Å². The molecule has 96 valence electrons. The van der Waals surface area contributed by atoms with Crippen molar-refractivity contribution in [3.05, 3.63) is 34.9 Å². The molecule has 1 heterocycles. The van der Waals surface area contributed by atoms with Crippen LogP contribution in [0.2, 0.25) is 0 Å². The van der Waals surface area contributed by atoms with Crippen LogP contribution < -0.4 is 0 Å². The molecule has 0 unspecified atom stereocenters. The minimum atomic E-state index is -0.0987. The van der Waals surface area contributed by atoms with Gasteiger partial charge in [0.1, 0.15) is 0 Å². The van der Waals surface area contributed by atoms with Gasteiger partial charge in [0.2, 0.25) is 0 Å². The summed E-state index contributed by atoms with van der Waals surface area (Å²) in [5, 5.41) is 0. The summed E-state index contributed by atoms with van der Waals surface area (Å²) in [4.78, 5) is 9.46. The molecule has 0 aromatic heterocycles. The topological polar surface area (TPSA) is 24.7 Å². The number of dihydropyridines is 1. The van der Waals surface area contributed by atoms with Crippen LogP contribution in [0, 0.1) is 0 Å². The van der Waals surface area contributed by atoms with Crippen LogP contribution in [0.5, 0.6) is 0 Å². The van der Waals surface area contributed by atoms with Gasteiger partial charge in [0, 0.05) is 11.6 Å². The number of fused-ring (bicyclic) bond motifs is 1. The largest absolute Gasteiger partial charge is 0.283 e. The van der Waals surface area contributed by atoms with E-state index in [-0.39, 0.29) is 5.54 Å². The first-order valence-electron chi connectivity index (χ1n) is 6.57. The Hall–Kier alpha value is -1.44. The van der Waals surface area contributed by atoms with Crippen molar-refractivity contribution in [3.63, 3.8) is 0 Å². The first kappa shape index (κ1) is 13.0. The van der Waals surface area contributed by atoms with Gasteiger partial charge in [0.25, 0.3) is 0 Å². The lowest BCUT2D eigenvalue weighted by Crippen LogP contribution is -2.26. The summed E-state index contributed by atoms with van der Waals surface area (Å²) in [5.41, 5.74) is 5.83. The molecular formula is C16H22N2. The average Bonchev–Trinajstić information content (AvgIpc) is 2.18. The molecule has 2 nitrogen and oxygen atoms in total. The van der Waals surface area contributed by atoms with Crippen molar-refractivity contribution in [1.29, 1.82) is 0 Å². The van der Waals surface area contributed by atoms with E-state index in [1.807, 2.05) is 0 Å². The van der Waals surface area contributed by atoms with Crippen molar-refractivity contribution in [2.75, 3.05) is 0 Å². The molecule has 2 rings (SSSR count). The smallest absolute Gasteiger partial charge is 0.0744 e. The van der Waals surface area contributed by atoms with Crippen LogP contribution in [0.15, 0.2) is 44.9 Å². The summed E-state index contributed by atoms with van der Waals surface area (Å²) in [6.45, 7) is 12.8. The zero-order chi connectivity index (χ0) is 13.5. The highest BCUT2D eigenvalue weighted by molar-refractivity contribution is 6.26. The zero-order valence-corrected chi connectivity index (χ0v) is 12.2. The summed E-state index contributed by atoms with van der Waals surface area (Å²) in [7, 11) is 0. The van der Waals surface area contributed by atoms with Gasteiger partial charge in [-0.2, -0.15) is 0 Å². The van der Waals surface area contributed by atoms with Gasteiger partial charge in [-0.15, -0.1) is 0 Å². The van der Waals surface area contributed by atoms with Crippen LogP contribution in [-0.4, -0.2) is 23.0 Å². The molecular weight excluding hydrogens is 220 g/mol. The maximum Gasteiger partial charge on any atom is 0.0744 e. The molecule has 0 atom stereocenters. The first-order chi connectivity index (χ1) is 8.28. The Kier molecular flexibility index (Phi) is 3.14. The highest BCUT2D eigenvalue weighted by Gasteiger charge is 2.26. The second-order valence-corrected chi connectivity index (χ2v) is 5.97. The second kappa shape index (κ2) is 4.34. The molecule has 0 aromatic rings. The average molecular weight is 242 g/mol. The summed E-state index contributed by atoms with van der Waals surface area (Å²) >= 11 is 0. The Balaban J connectivity index is 2.51. The van der Waals surface area contributed by atoms with Crippen molar-refractivity contribution in [1.82, 2.24) is 0 Å². The number of allylic oxidation sites excluding steroid dienone is 5. The molecule has 18 heavy (non-hydrogen) atoms. The molecule has 1 aliphatic heterocycles. The number of aliphatic imine (C=N–C) groups is 2. The van der Waals surface area contributed by atoms with E-state index in [2.05, 4.69) is 64.8 Å². The standard InChI is InChI=1S/C16H22N2/c1-10(2)17-13-7-11(3)15-14(8-13)12(4)9-16(5,6)18-15/h7-10H,1-6H3. The number of rotatable bonds is 1. The predicted octanol–water partition coefficient (Wildman–Crippen LogP) is 3.90. The SMILES string of the molecule is CC1=CC(C)(C)N=C2C(C)=CC(=NC(C)C)C=C12. The molecule has 0 saturated heterocycles. The van der Waals surface area contributed by atoms with Gasteiger partial charge in [-0.1, -0.05) is 6.08 Å². The minimum Gasteiger partial charge on any atom is -0.283 e. The van der Waals surface area contributed by atoms with Crippen molar-refractivity contribution in [2.45, 2.75) is 53.1 Å². The van der Waals surface area contributed by atoms with E-state index < -0.39 is 0 Å². The maximum atomic E-state index is 4.83. The van der Waals surface area contributed by atoms with Gasteiger partial charge >= 0.3 is 0 Å². The fourth-order valence-electron chi connectivity index (χ4n) is 2.51. The summed E-state index contributed by atoms with van der Waals surface area (Å²) in [6, 6.07) is 0.323. The van der Waals surface area contributed by atoms with Gasteiger partial charge in [0.05, 0.1) is 17.0 Å². The minimum absolute atomic E-state index is 0.0987. The van der Waals surface area contributed by atoms with Crippen LogP contribution in [0.25, 0.3) is 0 Å². The van der Waals surface area contributed by atoms with Crippen molar-refractivity contribution < 1.29 is 0 Å². The summed E-state index contributed by atoms with van der Waals surface area (Å²) < 4.78 is 0. The van der Waals surface area contributed by atoms with Crippen LogP contribution in [0.4, 0.5) is 0 Å². The predicted molar refractivity (Wildman–Crippen MR) is 79.7 cm³/mol. The first-order valence-corrected chi connectivity index (χ1v) is 6.57. The summed E-state index contributed by atoms with van der Waals surface area (Å²) in [6.07, 6.45) is 6.53. The van der Waals surface area contributed by atoms with Crippen molar-refractivity contribution in [2.24, 2.45) is 9.98 Å². The normalized spacial score (nSPS) is 24.3. The molecule has 2 heteroatoms. The fourth-order valence-corrected chi connectivity index (χ4v) is 2.51. The lowest BCUT2D eigenvalue weighted by molar-refractivity contribution is 0.647. The van der Waals surface area contributed by atoms with Crippen molar-refractivity contribution >= 4 is 11.4 Å². The lowest BCUT2D eigenvalue weighted by atomic mass is 9.85. The number of hydrogen-bond acceptors (Lipinski definition) is 2. The third-order valence-corrected chi connectivity index (χ3v) is 3.09. The van der Waals surface area contributed by atoms with Gasteiger partial charge in [0.15, 0.2) is 0 Å². The molecule has 0 radical (unpaired) electrons. The number of nitrogens with zero attached hydrogens (tertiary/aromatic N) is 2. The van der Waals surface area contributed by atoms with Gasteiger partial charge in [-0.25, -0.2) is 0 Å². The quantitative estimate of drug-likeness (QED) is 0.623. The Labute approximate surface area is 110 Å². The van der Waals surface area contributed by atoms with Gasteiger partial charge in [-0.3, -0.25) is 9.98 Å². The van der Waals surface area contributed by atoms with E-state index >= 15 is 0 Å². The molecule has 0 spiro atoms. The van der Waals surface area contributed by atoms with E-state index in [0.717, 1.165) is 11.4 Å². The van der Waals surface area contributed by atoms with E-state index in [4.69, 9.17) is 4.99 Å². The van der Waals surface area contributed by atoms with Gasteiger partial charge in [-0.05, 0) is 64.8 Å². The Bertz CT molecular complexity index is 523. The van der Waals surface area contributed by atoms with Crippen LogP contribution in [-0.2, 0) is 0 Å². The second-order valence-electron chi connectivity index (χ2n) is 5.97. The van der Waals surface area contributed by atoms with E-state index in [9.17, 15) is 0 Å². The molecule has 0 bridgehead atoms. The monoisotopic (exact) mass is 242 g/mol. The zero-order valence-electron chi connectivity index (χ0n) is 12.2. The third-order valence-electron chi connectivity index (χ3n) is 3.09.